The summed E-state index contributed by atoms with van der Waals surface area (Å²) < 4.78 is 0. The number of hydrogen-bond acceptors (Lipinski definition) is 1. The van der Waals surface area contributed by atoms with Crippen molar-refractivity contribution in [3.63, 3.8) is 0 Å². The standard InChI is InChI=1S/C15H22O/c1-12-8-4-5-9-13(12)14(16)15(2)10-6-3-7-11-15/h4-5,8-9,14,16H,3,6-7,10-11H2,1-2H3. The van der Waals surface area contributed by atoms with E-state index in [1.807, 2.05) is 12.1 Å². The monoisotopic (exact) mass is 218 g/mol. The second-order valence-corrected chi connectivity index (χ2v) is 5.47. The molecule has 0 heterocycles. The first kappa shape index (κ1) is 11.7. The Kier molecular flexibility index (Phi) is 3.34. The van der Waals surface area contributed by atoms with Crippen molar-refractivity contribution in [3.8, 4) is 0 Å². The molecule has 0 bridgehead atoms. The van der Waals surface area contributed by atoms with E-state index in [1.54, 1.807) is 0 Å². The van der Waals surface area contributed by atoms with Gasteiger partial charge in [0.15, 0.2) is 0 Å². The van der Waals surface area contributed by atoms with E-state index in [4.69, 9.17) is 0 Å². The van der Waals surface area contributed by atoms with Gasteiger partial charge in [-0.15, -0.1) is 0 Å². The Hall–Kier alpha value is -0.820. The first-order chi connectivity index (χ1) is 7.63. The molecule has 0 amide bonds. The normalized spacial score (nSPS) is 21.7. The van der Waals surface area contributed by atoms with Gasteiger partial charge < -0.3 is 5.11 Å². The van der Waals surface area contributed by atoms with Gasteiger partial charge in [0.25, 0.3) is 0 Å². The van der Waals surface area contributed by atoms with Crippen molar-refractivity contribution in [3.05, 3.63) is 35.4 Å². The molecule has 1 fully saturated rings. The van der Waals surface area contributed by atoms with E-state index < -0.39 is 0 Å². The zero-order valence-electron chi connectivity index (χ0n) is 10.4. The summed E-state index contributed by atoms with van der Waals surface area (Å²) in [5.74, 6) is 0. The van der Waals surface area contributed by atoms with E-state index in [9.17, 15) is 5.11 Å². The van der Waals surface area contributed by atoms with Crippen molar-refractivity contribution < 1.29 is 5.11 Å². The minimum atomic E-state index is -0.297. The summed E-state index contributed by atoms with van der Waals surface area (Å²) >= 11 is 0. The highest BCUT2D eigenvalue weighted by molar-refractivity contribution is 5.29. The molecule has 1 heteroatoms. The third-order valence-electron chi connectivity index (χ3n) is 4.14. The first-order valence-electron chi connectivity index (χ1n) is 6.37. The quantitative estimate of drug-likeness (QED) is 0.795. The Bertz CT molecular complexity index is 350. The van der Waals surface area contributed by atoms with E-state index in [0.29, 0.717) is 0 Å². The molecule has 0 radical (unpaired) electrons. The smallest absolute Gasteiger partial charge is 0.0846 e. The molecule has 16 heavy (non-hydrogen) atoms. The third-order valence-corrected chi connectivity index (χ3v) is 4.14. The minimum Gasteiger partial charge on any atom is -0.388 e. The topological polar surface area (TPSA) is 20.2 Å². The molecule has 1 atom stereocenters. The number of aryl methyl sites for hydroxylation is 1. The second kappa shape index (κ2) is 4.58. The summed E-state index contributed by atoms with van der Waals surface area (Å²) in [6.07, 6.45) is 5.87. The van der Waals surface area contributed by atoms with Crippen molar-refractivity contribution in [2.45, 2.75) is 52.1 Å². The van der Waals surface area contributed by atoms with Gasteiger partial charge in [0.1, 0.15) is 0 Å². The molecule has 1 aliphatic rings. The predicted molar refractivity (Wildman–Crippen MR) is 67.3 cm³/mol. The van der Waals surface area contributed by atoms with Crippen molar-refractivity contribution in [2.75, 3.05) is 0 Å². The number of hydrogen-bond donors (Lipinski definition) is 1. The van der Waals surface area contributed by atoms with Gasteiger partial charge >= 0.3 is 0 Å². The van der Waals surface area contributed by atoms with Crippen LogP contribution >= 0.6 is 0 Å². The van der Waals surface area contributed by atoms with Crippen molar-refractivity contribution >= 4 is 0 Å². The molecule has 2 rings (SSSR count). The molecule has 1 aliphatic carbocycles. The maximum Gasteiger partial charge on any atom is 0.0846 e. The molecule has 0 aliphatic heterocycles. The Balaban J connectivity index is 2.24. The van der Waals surface area contributed by atoms with Crippen LogP contribution in [0.1, 0.15) is 56.3 Å². The van der Waals surface area contributed by atoms with Crippen molar-refractivity contribution in [2.24, 2.45) is 5.41 Å². The molecule has 1 saturated carbocycles. The maximum atomic E-state index is 10.6. The zero-order valence-corrected chi connectivity index (χ0v) is 10.4. The average molecular weight is 218 g/mol. The van der Waals surface area contributed by atoms with Gasteiger partial charge in [-0.25, -0.2) is 0 Å². The second-order valence-electron chi connectivity index (χ2n) is 5.47. The SMILES string of the molecule is Cc1ccccc1C(O)C1(C)CCCCC1. The van der Waals surface area contributed by atoms with Gasteiger partial charge in [0.05, 0.1) is 6.10 Å². The van der Waals surface area contributed by atoms with Gasteiger partial charge in [0.2, 0.25) is 0 Å². The molecule has 0 aromatic heterocycles. The van der Waals surface area contributed by atoms with Crippen molar-refractivity contribution in [1.82, 2.24) is 0 Å². The molecule has 1 nitrogen and oxygen atoms in total. The maximum absolute atomic E-state index is 10.6. The molecule has 1 aromatic rings. The average Bonchev–Trinajstić information content (AvgIpc) is 2.30. The molecular formula is C15H22O. The summed E-state index contributed by atoms with van der Waals surface area (Å²) in [6, 6.07) is 8.22. The van der Waals surface area contributed by atoms with Gasteiger partial charge in [-0.05, 0) is 36.3 Å². The predicted octanol–water partition coefficient (Wildman–Crippen LogP) is 4.00. The van der Waals surface area contributed by atoms with Gasteiger partial charge in [-0.2, -0.15) is 0 Å². The van der Waals surface area contributed by atoms with Crippen LogP contribution in [-0.2, 0) is 0 Å². The largest absolute Gasteiger partial charge is 0.388 e. The summed E-state index contributed by atoms with van der Waals surface area (Å²) in [4.78, 5) is 0. The molecule has 0 saturated heterocycles. The number of rotatable bonds is 2. The highest BCUT2D eigenvalue weighted by Crippen LogP contribution is 2.46. The number of benzene rings is 1. The van der Waals surface area contributed by atoms with E-state index in [2.05, 4.69) is 26.0 Å². The summed E-state index contributed by atoms with van der Waals surface area (Å²) in [5, 5.41) is 10.6. The highest BCUT2D eigenvalue weighted by Gasteiger charge is 2.35. The molecule has 88 valence electrons. The summed E-state index contributed by atoms with van der Waals surface area (Å²) in [7, 11) is 0. The fraction of sp³-hybridized carbons (Fsp3) is 0.600. The molecule has 1 aromatic carbocycles. The third kappa shape index (κ3) is 2.15. The lowest BCUT2D eigenvalue weighted by Crippen LogP contribution is -2.28. The minimum absolute atomic E-state index is 0.0877. The van der Waals surface area contributed by atoms with Gasteiger partial charge in [0, 0.05) is 0 Å². The Morgan fingerprint density at radius 1 is 1.12 bits per heavy atom. The number of aliphatic hydroxyl groups excluding tert-OH is 1. The van der Waals surface area contributed by atoms with Crippen LogP contribution in [0.25, 0.3) is 0 Å². The lowest BCUT2D eigenvalue weighted by Gasteiger charge is -2.38. The summed E-state index contributed by atoms with van der Waals surface area (Å²) in [5.41, 5.74) is 2.42. The molecule has 1 N–H and O–H groups in total. The Morgan fingerprint density at radius 2 is 1.75 bits per heavy atom. The van der Waals surface area contributed by atoms with Crippen LogP contribution in [0.2, 0.25) is 0 Å². The molecule has 0 spiro atoms. The lowest BCUT2D eigenvalue weighted by atomic mass is 9.69. The van der Waals surface area contributed by atoms with E-state index in [-0.39, 0.29) is 11.5 Å². The van der Waals surface area contributed by atoms with E-state index in [0.717, 1.165) is 18.4 Å². The lowest BCUT2D eigenvalue weighted by molar-refractivity contribution is 0.00778. The number of aliphatic hydroxyl groups is 1. The highest BCUT2D eigenvalue weighted by atomic mass is 16.3. The van der Waals surface area contributed by atoms with Crippen LogP contribution < -0.4 is 0 Å². The van der Waals surface area contributed by atoms with Crippen LogP contribution in [0.15, 0.2) is 24.3 Å². The Morgan fingerprint density at radius 3 is 2.38 bits per heavy atom. The van der Waals surface area contributed by atoms with Crippen LogP contribution in [0.5, 0.6) is 0 Å². The summed E-state index contributed by atoms with van der Waals surface area (Å²) in [6.45, 7) is 4.33. The van der Waals surface area contributed by atoms with Crippen LogP contribution in [0.4, 0.5) is 0 Å². The van der Waals surface area contributed by atoms with E-state index in [1.165, 1.54) is 24.8 Å². The fourth-order valence-corrected chi connectivity index (χ4v) is 2.90. The fourth-order valence-electron chi connectivity index (χ4n) is 2.90. The first-order valence-corrected chi connectivity index (χ1v) is 6.37. The van der Waals surface area contributed by atoms with Gasteiger partial charge in [-0.3, -0.25) is 0 Å². The van der Waals surface area contributed by atoms with Crippen LogP contribution in [0.3, 0.4) is 0 Å². The van der Waals surface area contributed by atoms with Crippen molar-refractivity contribution in [1.29, 1.82) is 0 Å². The molecule has 1 unspecified atom stereocenters. The van der Waals surface area contributed by atoms with Crippen LogP contribution in [0, 0.1) is 12.3 Å². The molecular weight excluding hydrogens is 196 g/mol. The van der Waals surface area contributed by atoms with Crippen LogP contribution in [-0.4, -0.2) is 5.11 Å². The van der Waals surface area contributed by atoms with E-state index >= 15 is 0 Å². The Labute approximate surface area is 98.5 Å². The zero-order chi connectivity index (χ0) is 11.6. The van der Waals surface area contributed by atoms with Gasteiger partial charge in [-0.1, -0.05) is 50.5 Å².